The van der Waals surface area contributed by atoms with Crippen LogP contribution in [0.25, 0.3) is 0 Å². The van der Waals surface area contributed by atoms with Gasteiger partial charge in [-0.15, -0.1) is 0 Å². The van der Waals surface area contributed by atoms with Gasteiger partial charge in [-0.25, -0.2) is 4.79 Å². The molecule has 1 aromatic rings. The van der Waals surface area contributed by atoms with E-state index in [-0.39, 0.29) is 17.2 Å². The number of nitrogens with zero attached hydrogens (tertiary/aromatic N) is 2. The molecule has 2 rings (SSSR count). The summed E-state index contributed by atoms with van der Waals surface area (Å²) in [6, 6.07) is 3.63. The van der Waals surface area contributed by atoms with Gasteiger partial charge in [0.15, 0.2) is 8.32 Å². The van der Waals surface area contributed by atoms with Crippen molar-refractivity contribution in [1.82, 2.24) is 9.88 Å². The summed E-state index contributed by atoms with van der Waals surface area (Å²) in [5.74, 6) is 0. The number of amides is 1. The predicted octanol–water partition coefficient (Wildman–Crippen LogP) is 4.44. The van der Waals surface area contributed by atoms with Crippen LogP contribution in [0.1, 0.15) is 45.9 Å². The van der Waals surface area contributed by atoms with Crippen LogP contribution in [0.2, 0.25) is 18.1 Å². The molecule has 7 heteroatoms. The monoisotopic (exact) mass is 394 g/mol. The first-order chi connectivity index (χ1) is 12.2. The molecule has 152 valence electrons. The summed E-state index contributed by atoms with van der Waals surface area (Å²) < 4.78 is 12.5. The molecular formula is C20H34N2O4Si. The molecule has 2 atom stereocenters. The molecule has 2 unspecified atom stereocenters. The number of carboxylic acid groups (broad SMARTS) is 1. The van der Waals surface area contributed by atoms with Crippen molar-refractivity contribution in [3.63, 3.8) is 0 Å². The minimum Gasteiger partial charge on any atom is -0.465 e. The lowest BCUT2D eigenvalue weighted by atomic mass is 10.0. The van der Waals surface area contributed by atoms with Gasteiger partial charge in [0.05, 0.1) is 12.6 Å². The first-order valence-electron chi connectivity index (χ1n) is 9.50. The number of hydrogen-bond acceptors (Lipinski definition) is 4. The van der Waals surface area contributed by atoms with Gasteiger partial charge in [-0.1, -0.05) is 20.8 Å². The Morgan fingerprint density at radius 2 is 2.04 bits per heavy atom. The average molecular weight is 395 g/mol. The van der Waals surface area contributed by atoms with E-state index >= 15 is 0 Å². The Morgan fingerprint density at radius 1 is 1.41 bits per heavy atom. The number of aryl methyl sites for hydroxylation is 1. The van der Waals surface area contributed by atoms with E-state index < -0.39 is 20.1 Å². The molecule has 1 N–H and O–H groups in total. The van der Waals surface area contributed by atoms with Crippen LogP contribution in [0.3, 0.4) is 0 Å². The lowest BCUT2D eigenvalue weighted by Crippen LogP contribution is -2.49. The van der Waals surface area contributed by atoms with Crippen molar-refractivity contribution in [3.05, 3.63) is 29.6 Å². The predicted molar refractivity (Wildman–Crippen MR) is 108 cm³/mol. The average Bonchev–Trinajstić information content (AvgIpc) is 2.74. The smallest absolute Gasteiger partial charge is 0.409 e. The standard InChI is InChI=1S/C20H34N2O4Si/c1-14-11-15(9-10-21-14)12-16-17(13-25-27(7,8)19(2,3)4)26-20(5,6)22(16)18(23)24/h9-11,16-17H,12-13H2,1-8H3,(H,23,24). The van der Waals surface area contributed by atoms with Crippen molar-refractivity contribution < 1.29 is 19.1 Å². The van der Waals surface area contributed by atoms with Crippen LogP contribution in [0.15, 0.2) is 18.3 Å². The topological polar surface area (TPSA) is 71.9 Å². The third kappa shape index (κ3) is 4.89. The fourth-order valence-corrected chi connectivity index (χ4v) is 4.31. The number of hydrogen-bond donors (Lipinski definition) is 1. The van der Waals surface area contributed by atoms with Gasteiger partial charge in [0.25, 0.3) is 0 Å². The molecule has 6 nitrogen and oxygen atoms in total. The molecule has 0 aliphatic carbocycles. The van der Waals surface area contributed by atoms with Crippen LogP contribution in [0, 0.1) is 6.92 Å². The van der Waals surface area contributed by atoms with Gasteiger partial charge in [0.1, 0.15) is 11.8 Å². The van der Waals surface area contributed by atoms with E-state index in [1.807, 2.05) is 19.1 Å². The Bertz CT molecular complexity index is 685. The maximum Gasteiger partial charge on any atom is 0.409 e. The fourth-order valence-electron chi connectivity index (χ4n) is 3.29. The van der Waals surface area contributed by atoms with Crippen LogP contribution < -0.4 is 0 Å². The number of aromatic nitrogens is 1. The highest BCUT2D eigenvalue weighted by atomic mass is 28.4. The van der Waals surface area contributed by atoms with Crippen molar-refractivity contribution >= 4 is 14.4 Å². The second kappa shape index (κ2) is 7.52. The molecule has 1 aliphatic heterocycles. The van der Waals surface area contributed by atoms with E-state index in [4.69, 9.17) is 9.16 Å². The second-order valence-electron chi connectivity index (χ2n) is 9.40. The van der Waals surface area contributed by atoms with Gasteiger partial charge in [-0.2, -0.15) is 0 Å². The van der Waals surface area contributed by atoms with Crippen LogP contribution in [-0.2, 0) is 15.6 Å². The van der Waals surface area contributed by atoms with E-state index in [1.165, 1.54) is 4.90 Å². The maximum atomic E-state index is 12.0. The highest BCUT2D eigenvalue weighted by Crippen LogP contribution is 2.39. The number of rotatable bonds is 5. The third-order valence-electron chi connectivity index (χ3n) is 5.81. The number of ether oxygens (including phenoxy) is 1. The zero-order valence-corrected chi connectivity index (χ0v) is 18.9. The van der Waals surface area contributed by atoms with Crippen LogP contribution in [0.5, 0.6) is 0 Å². The van der Waals surface area contributed by atoms with E-state index in [1.54, 1.807) is 20.0 Å². The van der Waals surface area contributed by atoms with Gasteiger partial charge in [0.2, 0.25) is 0 Å². The highest BCUT2D eigenvalue weighted by Gasteiger charge is 2.51. The minimum absolute atomic E-state index is 0.0886. The summed E-state index contributed by atoms with van der Waals surface area (Å²) in [6.45, 7) is 16.9. The van der Waals surface area contributed by atoms with E-state index in [0.717, 1.165) is 11.3 Å². The summed E-state index contributed by atoms with van der Waals surface area (Å²) >= 11 is 0. The zero-order chi connectivity index (χ0) is 20.6. The largest absolute Gasteiger partial charge is 0.465 e. The lowest BCUT2D eigenvalue weighted by Gasteiger charge is -2.37. The number of carbonyl (C=O) groups is 1. The molecule has 0 saturated carbocycles. The molecular weight excluding hydrogens is 360 g/mol. The van der Waals surface area contributed by atoms with Gasteiger partial charge >= 0.3 is 6.09 Å². The molecule has 27 heavy (non-hydrogen) atoms. The Morgan fingerprint density at radius 3 is 2.56 bits per heavy atom. The molecule has 0 aromatic carbocycles. The van der Waals surface area contributed by atoms with E-state index in [0.29, 0.717) is 13.0 Å². The van der Waals surface area contributed by atoms with Crippen LogP contribution in [0.4, 0.5) is 4.79 Å². The van der Waals surface area contributed by atoms with Crippen molar-refractivity contribution in [2.24, 2.45) is 0 Å². The van der Waals surface area contributed by atoms with Gasteiger partial charge < -0.3 is 14.3 Å². The molecule has 0 spiro atoms. The Balaban J connectivity index is 2.26. The molecule has 0 bridgehead atoms. The summed E-state index contributed by atoms with van der Waals surface area (Å²) in [6.07, 6.45) is 1.06. The van der Waals surface area contributed by atoms with E-state index in [9.17, 15) is 9.90 Å². The molecule has 1 fully saturated rings. The van der Waals surface area contributed by atoms with Gasteiger partial charge in [-0.3, -0.25) is 9.88 Å². The molecule has 1 aliphatic rings. The van der Waals surface area contributed by atoms with Crippen molar-refractivity contribution in [3.8, 4) is 0 Å². The first-order valence-corrected chi connectivity index (χ1v) is 12.4. The van der Waals surface area contributed by atoms with Gasteiger partial charge in [-0.05, 0) is 63.0 Å². The van der Waals surface area contributed by atoms with Crippen LogP contribution in [-0.4, -0.2) is 53.9 Å². The molecule has 1 amide bonds. The highest BCUT2D eigenvalue weighted by molar-refractivity contribution is 6.74. The van der Waals surface area contributed by atoms with Crippen molar-refractivity contribution in [2.75, 3.05) is 6.61 Å². The van der Waals surface area contributed by atoms with E-state index in [2.05, 4.69) is 38.8 Å². The summed E-state index contributed by atoms with van der Waals surface area (Å²) in [7, 11) is -1.95. The summed E-state index contributed by atoms with van der Waals surface area (Å²) in [5.41, 5.74) is 1.08. The zero-order valence-electron chi connectivity index (χ0n) is 17.9. The summed E-state index contributed by atoms with van der Waals surface area (Å²) in [5, 5.41) is 9.92. The normalized spacial score (nSPS) is 22.9. The molecule has 1 aromatic heterocycles. The third-order valence-corrected chi connectivity index (χ3v) is 10.3. The quantitative estimate of drug-likeness (QED) is 0.748. The first kappa shape index (κ1) is 21.9. The van der Waals surface area contributed by atoms with Gasteiger partial charge in [0, 0.05) is 11.9 Å². The summed E-state index contributed by atoms with van der Waals surface area (Å²) in [4.78, 5) is 17.7. The SMILES string of the molecule is Cc1cc(CC2C(CO[Si](C)(C)C(C)(C)C)OC(C)(C)N2C(=O)O)ccn1. The Kier molecular flexibility index (Phi) is 6.09. The van der Waals surface area contributed by atoms with Crippen molar-refractivity contribution in [1.29, 1.82) is 0 Å². The Labute approximate surface area is 164 Å². The van der Waals surface area contributed by atoms with Crippen LogP contribution >= 0.6 is 0 Å². The molecule has 0 radical (unpaired) electrons. The van der Waals surface area contributed by atoms with Crippen molar-refractivity contribution in [2.45, 2.75) is 84.0 Å². The molecule has 1 saturated heterocycles. The maximum absolute atomic E-state index is 12.0. The fraction of sp³-hybridized carbons (Fsp3) is 0.700. The Hall–Kier alpha value is -1.44. The second-order valence-corrected chi connectivity index (χ2v) is 14.2. The number of pyridine rings is 1. The lowest BCUT2D eigenvalue weighted by molar-refractivity contribution is -0.0757. The molecule has 2 heterocycles. The minimum atomic E-state index is -1.95.